The van der Waals surface area contributed by atoms with Crippen LogP contribution in [0.3, 0.4) is 0 Å². The van der Waals surface area contributed by atoms with Crippen molar-refractivity contribution in [1.82, 2.24) is 10.6 Å². The quantitative estimate of drug-likeness (QED) is 0.857. The average molecular weight is 300 g/mol. The highest BCUT2D eigenvalue weighted by molar-refractivity contribution is 5.90. The molecular weight excluding hydrogens is 280 g/mol. The summed E-state index contributed by atoms with van der Waals surface area (Å²) in [5.74, 6) is 0.227. The SMILES string of the molecule is CC(C)(C(=O)NCC(=O)NCc1ccco1)c1ccccc1. The van der Waals surface area contributed by atoms with E-state index in [-0.39, 0.29) is 18.4 Å². The van der Waals surface area contributed by atoms with Gasteiger partial charge in [0, 0.05) is 0 Å². The van der Waals surface area contributed by atoms with Crippen LogP contribution in [0.15, 0.2) is 53.1 Å². The van der Waals surface area contributed by atoms with Crippen molar-refractivity contribution in [2.75, 3.05) is 6.54 Å². The Balaban J connectivity index is 1.83. The summed E-state index contributed by atoms with van der Waals surface area (Å²) < 4.78 is 5.12. The molecule has 2 aromatic rings. The van der Waals surface area contributed by atoms with Gasteiger partial charge in [0.05, 0.1) is 24.8 Å². The summed E-state index contributed by atoms with van der Waals surface area (Å²) in [5.41, 5.74) is 0.214. The molecule has 0 aliphatic heterocycles. The monoisotopic (exact) mass is 300 g/mol. The molecule has 1 heterocycles. The van der Waals surface area contributed by atoms with Gasteiger partial charge in [-0.2, -0.15) is 0 Å². The van der Waals surface area contributed by atoms with E-state index >= 15 is 0 Å². The summed E-state index contributed by atoms with van der Waals surface area (Å²) in [6, 6.07) is 13.0. The second kappa shape index (κ2) is 6.93. The molecule has 2 N–H and O–H groups in total. The Kier molecular flexibility index (Phi) is 4.99. The maximum absolute atomic E-state index is 12.3. The lowest BCUT2D eigenvalue weighted by atomic mass is 9.84. The third-order valence-electron chi connectivity index (χ3n) is 3.51. The van der Waals surface area contributed by atoms with Crippen molar-refractivity contribution in [2.45, 2.75) is 25.8 Å². The predicted octanol–water partition coefficient (Wildman–Crippen LogP) is 1.99. The number of furan rings is 1. The Bertz CT molecular complexity index is 619. The van der Waals surface area contributed by atoms with E-state index in [0.29, 0.717) is 12.3 Å². The first kappa shape index (κ1) is 15.8. The lowest BCUT2D eigenvalue weighted by molar-refractivity contribution is -0.129. The molecule has 0 saturated carbocycles. The van der Waals surface area contributed by atoms with Crippen molar-refractivity contribution in [1.29, 1.82) is 0 Å². The van der Waals surface area contributed by atoms with Crippen molar-refractivity contribution in [3.63, 3.8) is 0 Å². The Hall–Kier alpha value is -2.56. The molecule has 0 radical (unpaired) electrons. The van der Waals surface area contributed by atoms with Crippen LogP contribution >= 0.6 is 0 Å². The maximum atomic E-state index is 12.3. The first-order valence-corrected chi connectivity index (χ1v) is 7.13. The number of benzene rings is 1. The Labute approximate surface area is 129 Å². The van der Waals surface area contributed by atoms with E-state index in [4.69, 9.17) is 4.42 Å². The smallest absolute Gasteiger partial charge is 0.239 e. The Morgan fingerprint density at radius 2 is 1.77 bits per heavy atom. The molecule has 0 unspecified atom stereocenters. The van der Waals surface area contributed by atoms with E-state index in [1.165, 1.54) is 0 Å². The molecule has 5 heteroatoms. The molecule has 116 valence electrons. The van der Waals surface area contributed by atoms with Gasteiger partial charge in [-0.15, -0.1) is 0 Å². The highest BCUT2D eigenvalue weighted by Gasteiger charge is 2.29. The summed E-state index contributed by atoms with van der Waals surface area (Å²) in [6.07, 6.45) is 1.55. The van der Waals surface area contributed by atoms with Crippen molar-refractivity contribution in [2.24, 2.45) is 0 Å². The number of hydrogen-bond acceptors (Lipinski definition) is 3. The van der Waals surface area contributed by atoms with Crippen molar-refractivity contribution in [3.8, 4) is 0 Å². The first-order valence-electron chi connectivity index (χ1n) is 7.13. The first-order chi connectivity index (χ1) is 10.5. The second-order valence-electron chi connectivity index (χ2n) is 5.53. The molecule has 0 bridgehead atoms. The standard InChI is InChI=1S/C17H20N2O3/c1-17(2,13-7-4-3-5-8-13)16(21)19-12-15(20)18-11-14-9-6-10-22-14/h3-10H,11-12H2,1-2H3,(H,18,20)(H,19,21). The van der Waals surface area contributed by atoms with Crippen LogP contribution in [-0.2, 0) is 21.5 Å². The summed E-state index contributed by atoms with van der Waals surface area (Å²) in [6.45, 7) is 3.91. The van der Waals surface area contributed by atoms with Gasteiger partial charge in [0.25, 0.3) is 0 Å². The lowest BCUT2D eigenvalue weighted by Crippen LogP contribution is -2.44. The second-order valence-corrected chi connectivity index (χ2v) is 5.53. The third-order valence-corrected chi connectivity index (χ3v) is 3.51. The molecule has 0 fully saturated rings. The predicted molar refractivity (Wildman–Crippen MR) is 83.0 cm³/mol. The van der Waals surface area contributed by atoms with E-state index < -0.39 is 5.41 Å². The van der Waals surface area contributed by atoms with Gasteiger partial charge in [0.15, 0.2) is 0 Å². The highest BCUT2D eigenvalue weighted by atomic mass is 16.3. The summed E-state index contributed by atoms with van der Waals surface area (Å²) in [5, 5.41) is 5.35. The van der Waals surface area contributed by atoms with Gasteiger partial charge in [-0.25, -0.2) is 0 Å². The Morgan fingerprint density at radius 3 is 2.41 bits per heavy atom. The number of carbonyl (C=O) groups is 2. The van der Waals surface area contributed by atoms with Crippen LogP contribution in [0.25, 0.3) is 0 Å². The Morgan fingerprint density at radius 1 is 1.05 bits per heavy atom. The minimum atomic E-state index is -0.692. The molecule has 2 amide bonds. The van der Waals surface area contributed by atoms with Crippen molar-refractivity contribution < 1.29 is 14.0 Å². The topological polar surface area (TPSA) is 71.3 Å². The van der Waals surface area contributed by atoms with Gasteiger partial charge >= 0.3 is 0 Å². The molecule has 22 heavy (non-hydrogen) atoms. The zero-order valence-corrected chi connectivity index (χ0v) is 12.8. The van der Waals surface area contributed by atoms with E-state index in [0.717, 1.165) is 5.56 Å². The molecule has 0 spiro atoms. The van der Waals surface area contributed by atoms with Crippen molar-refractivity contribution >= 4 is 11.8 Å². The zero-order valence-electron chi connectivity index (χ0n) is 12.8. The number of hydrogen-bond donors (Lipinski definition) is 2. The van der Waals surface area contributed by atoms with E-state index in [1.807, 2.05) is 44.2 Å². The van der Waals surface area contributed by atoms with Gasteiger partial charge in [-0.1, -0.05) is 30.3 Å². The van der Waals surface area contributed by atoms with Crippen LogP contribution in [0.4, 0.5) is 0 Å². The number of rotatable bonds is 6. The number of carbonyl (C=O) groups excluding carboxylic acids is 2. The molecule has 0 atom stereocenters. The van der Waals surface area contributed by atoms with E-state index in [1.54, 1.807) is 18.4 Å². The normalized spacial score (nSPS) is 11.0. The molecule has 0 saturated heterocycles. The van der Waals surface area contributed by atoms with Gasteiger partial charge in [-0.05, 0) is 31.5 Å². The molecule has 0 aliphatic carbocycles. The fraction of sp³-hybridized carbons (Fsp3) is 0.294. The van der Waals surface area contributed by atoms with Gasteiger partial charge in [-0.3, -0.25) is 9.59 Å². The lowest BCUT2D eigenvalue weighted by Gasteiger charge is -2.24. The van der Waals surface area contributed by atoms with Gasteiger partial charge in [0.1, 0.15) is 5.76 Å². The minimum absolute atomic E-state index is 0.0597. The molecule has 2 rings (SSSR count). The van der Waals surface area contributed by atoms with Crippen LogP contribution in [0, 0.1) is 0 Å². The fourth-order valence-corrected chi connectivity index (χ4v) is 2.03. The summed E-state index contributed by atoms with van der Waals surface area (Å²) in [4.78, 5) is 24.0. The largest absolute Gasteiger partial charge is 0.467 e. The molecule has 0 aliphatic rings. The zero-order chi connectivity index (χ0) is 16.0. The summed E-state index contributed by atoms with van der Waals surface area (Å²) in [7, 11) is 0. The van der Waals surface area contributed by atoms with E-state index in [2.05, 4.69) is 10.6 Å². The third kappa shape index (κ3) is 3.97. The summed E-state index contributed by atoms with van der Waals surface area (Å²) >= 11 is 0. The van der Waals surface area contributed by atoms with Crippen LogP contribution in [-0.4, -0.2) is 18.4 Å². The van der Waals surface area contributed by atoms with Crippen LogP contribution in [0.5, 0.6) is 0 Å². The minimum Gasteiger partial charge on any atom is -0.467 e. The van der Waals surface area contributed by atoms with Gasteiger partial charge in [0.2, 0.25) is 11.8 Å². The number of nitrogens with one attached hydrogen (secondary N) is 2. The van der Waals surface area contributed by atoms with Gasteiger partial charge < -0.3 is 15.1 Å². The maximum Gasteiger partial charge on any atom is 0.239 e. The van der Waals surface area contributed by atoms with E-state index in [9.17, 15) is 9.59 Å². The van der Waals surface area contributed by atoms with Crippen LogP contribution < -0.4 is 10.6 Å². The molecule has 1 aromatic heterocycles. The van der Waals surface area contributed by atoms with Crippen LogP contribution in [0.1, 0.15) is 25.2 Å². The number of amides is 2. The fourth-order valence-electron chi connectivity index (χ4n) is 2.03. The highest BCUT2D eigenvalue weighted by Crippen LogP contribution is 2.22. The average Bonchev–Trinajstić information content (AvgIpc) is 3.04. The molecular formula is C17H20N2O3. The molecule has 1 aromatic carbocycles. The van der Waals surface area contributed by atoms with Crippen molar-refractivity contribution in [3.05, 3.63) is 60.1 Å². The van der Waals surface area contributed by atoms with Crippen LogP contribution in [0.2, 0.25) is 0 Å². The molecule has 5 nitrogen and oxygen atoms in total.